The van der Waals surface area contributed by atoms with Crippen LogP contribution in [0.15, 0.2) is 53.6 Å². The molecule has 2 aromatic carbocycles. The molecule has 1 heterocycles. The monoisotopic (exact) mass is 465 g/mol. The van der Waals surface area contributed by atoms with Crippen LogP contribution in [0.1, 0.15) is 48.6 Å². The fraction of sp³-hybridized carbons (Fsp3) is 0.208. The highest BCUT2D eigenvalue weighted by atomic mass is 32.2. The molecule has 0 atom stereocenters. The normalized spacial score (nSPS) is 16.0. The number of ether oxygens (including phenoxy) is 2. The lowest BCUT2D eigenvalue weighted by Crippen LogP contribution is -2.27. The first-order chi connectivity index (χ1) is 15.9. The van der Waals surface area contributed by atoms with E-state index < -0.39 is 17.7 Å². The molecule has 0 N–H and O–H groups in total. The highest BCUT2D eigenvalue weighted by Gasteiger charge is 2.33. The van der Waals surface area contributed by atoms with Gasteiger partial charge in [0, 0.05) is 28.8 Å². The number of nitrogens with zero attached hydrogens (tertiary/aromatic N) is 1. The third kappa shape index (κ3) is 4.31. The summed E-state index contributed by atoms with van der Waals surface area (Å²) in [6, 6.07) is 11.0. The zero-order valence-corrected chi connectivity index (χ0v) is 18.5. The average Bonchev–Trinajstić information content (AvgIpc) is 3.18. The lowest BCUT2D eigenvalue weighted by molar-refractivity contribution is -0.134. The number of fused-ring (bicyclic) bond motifs is 2. The van der Waals surface area contributed by atoms with Gasteiger partial charge in [0.15, 0.2) is 11.6 Å². The molecule has 1 amide bonds. The van der Waals surface area contributed by atoms with Gasteiger partial charge >= 0.3 is 11.9 Å². The summed E-state index contributed by atoms with van der Waals surface area (Å²) in [5.74, 6) is -1.93. The van der Waals surface area contributed by atoms with Crippen molar-refractivity contribution in [2.75, 3.05) is 26.0 Å². The summed E-state index contributed by atoms with van der Waals surface area (Å²) in [7, 11) is 1.25. The van der Waals surface area contributed by atoms with Gasteiger partial charge in [0.05, 0.1) is 36.1 Å². The van der Waals surface area contributed by atoms with Crippen LogP contribution in [0, 0.1) is 0 Å². The lowest BCUT2D eigenvalue weighted by Gasteiger charge is -2.20. The number of hydrogen-bond donors (Lipinski definition) is 0. The first kappa shape index (κ1) is 22.5. The van der Waals surface area contributed by atoms with E-state index in [2.05, 4.69) is 4.74 Å². The maximum absolute atomic E-state index is 13.0. The molecule has 0 saturated carbocycles. The van der Waals surface area contributed by atoms with Gasteiger partial charge in [-0.25, -0.2) is 9.59 Å². The second kappa shape index (κ2) is 9.41. The highest BCUT2D eigenvalue weighted by molar-refractivity contribution is 8.04. The van der Waals surface area contributed by atoms with Gasteiger partial charge in [-0.1, -0.05) is 48.2 Å². The fourth-order valence-corrected chi connectivity index (χ4v) is 4.66. The van der Waals surface area contributed by atoms with Crippen molar-refractivity contribution in [3.05, 3.63) is 81.4 Å². The summed E-state index contributed by atoms with van der Waals surface area (Å²) in [5, 5.41) is 0.484. The Bertz CT molecular complexity index is 1220. The quantitative estimate of drug-likeness (QED) is 0.311. The standard InChI is InChI=1S/C24H19NO7S/c1-31-20(27)12-19-25(18(26)13-33-19)10-5-11-32-24(30)17-9-4-8-16-21(17)23(29)15-7-3-2-6-14(15)22(16)28/h2-4,6-9,12H,5,10-11,13H2,1H3/b19-12+. The largest absolute Gasteiger partial charge is 0.466 e. The summed E-state index contributed by atoms with van der Waals surface area (Å²) < 4.78 is 9.94. The Morgan fingerprint density at radius 3 is 2.42 bits per heavy atom. The molecule has 8 nitrogen and oxygen atoms in total. The molecule has 168 valence electrons. The van der Waals surface area contributed by atoms with Crippen LogP contribution in [0.2, 0.25) is 0 Å². The Kier molecular flexibility index (Phi) is 6.41. The number of hydrogen-bond acceptors (Lipinski definition) is 8. The van der Waals surface area contributed by atoms with Crippen LogP contribution < -0.4 is 0 Å². The Labute approximate surface area is 193 Å². The van der Waals surface area contributed by atoms with Crippen LogP contribution in [-0.2, 0) is 19.1 Å². The van der Waals surface area contributed by atoms with Crippen LogP contribution in [0.4, 0.5) is 0 Å². The SMILES string of the molecule is COC(=O)/C=C1/SCC(=O)N1CCCOC(=O)c1cccc2c1C(=O)c1ccccc1C2=O. The maximum atomic E-state index is 13.0. The summed E-state index contributed by atoms with van der Waals surface area (Å²) >= 11 is 1.23. The minimum absolute atomic E-state index is 0.0127. The molecule has 1 aliphatic heterocycles. The number of carbonyl (C=O) groups excluding carboxylic acids is 5. The number of benzene rings is 2. The highest BCUT2D eigenvalue weighted by Crippen LogP contribution is 2.30. The third-order valence-electron chi connectivity index (χ3n) is 5.28. The van der Waals surface area contributed by atoms with Crippen LogP contribution in [0.5, 0.6) is 0 Å². The summed E-state index contributed by atoms with van der Waals surface area (Å²) in [5.41, 5.74) is 0.806. The molecule has 2 aliphatic rings. The van der Waals surface area contributed by atoms with E-state index >= 15 is 0 Å². The van der Waals surface area contributed by atoms with Crippen LogP contribution >= 0.6 is 11.8 Å². The minimum atomic E-state index is -0.722. The van der Waals surface area contributed by atoms with E-state index in [1.807, 2.05) is 0 Å². The zero-order valence-electron chi connectivity index (χ0n) is 17.7. The number of carbonyl (C=O) groups is 5. The summed E-state index contributed by atoms with van der Waals surface area (Å²) in [6.07, 6.45) is 1.57. The Morgan fingerprint density at radius 2 is 1.70 bits per heavy atom. The third-order valence-corrected chi connectivity index (χ3v) is 6.31. The van der Waals surface area contributed by atoms with Crippen molar-refractivity contribution in [2.24, 2.45) is 0 Å². The van der Waals surface area contributed by atoms with Crippen molar-refractivity contribution in [1.82, 2.24) is 4.90 Å². The zero-order chi connectivity index (χ0) is 23.5. The maximum Gasteiger partial charge on any atom is 0.338 e. The second-order valence-electron chi connectivity index (χ2n) is 7.26. The molecule has 0 aromatic heterocycles. The fourth-order valence-electron chi connectivity index (χ4n) is 3.71. The molecule has 4 rings (SSSR count). The Balaban J connectivity index is 1.44. The first-order valence-electron chi connectivity index (χ1n) is 10.1. The van der Waals surface area contributed by atoms with E-state index in [9.17, 15) is 24.0 Å². The van der Waals surface area contributed by atoms with Crippen LogP contribution in [0.3, 0.4) is 0 Å². The predicted molar refractivity (Wildman–Crippen MR) is 119 cm³/mol. The van der Waals surface area contributed by atoms with E-state index in [4.69, 9.17) is 4.74 Å². The molecule has 1 saturated heterocycles. The number of rotatable bonds is 6. The van der Waals surface area contributed by atoms with Gasteiger partial charge in [-0.15, -0.1) is 0 Å². The molecular formula is C24H19NO7S. The lowest BCUT2D eigenvalue weighted by atomic mass is 9.82. The molecule has 1 aliphatic carbocycles. The van der Waals surface area contributed by atoms with E-state index in [1.54, 1.807) is 30.3 Å². The Hall–Kier alpha value is -3.72. The molecule has 0 bridgehead atoms. The van der Waals surface area contributed by atoms with Gasteiger partial charge < -0.3 is 14.4 Å². The number of methoxy groups -OCH3 is 1. The number of amides is 1. The summed E-state index contributed by atoms with van der Waals surface area (Å²) in [6.45, 7) is 0.237. The number of thioether (sulfide) groups is 1. The van der Waals surface area contributed by atoms with Crippen LogP contribution in [-0.4, -0.2) is 60.3 Å². The molecule has 1 fully saturated rings. The van der Waals surface area contributed by atoms with E-state index in [0.29, 0.717) is 17.0 Å². The molecule has 9 heteroatoms. The van der Waals surface area contributed by atoms with E-state index in [-0.39, 0.29) is 52.8 Å². The van der Waals surface area contributed by atoms with Gasteiger partial charge in [0.1, 0.15) is 0 Å². The van der Waals surface area contributed by atoms with E-state index in [1.165, 1.54) is 42.0 Å². The summed E-state index contributed by atoms with van der Waals surface area (Å²) in [4.78, 5) is 63.6. The van der Waals surface area contributed by atoms with Gasteiger partial charge in [-0.3, -0.25) is 14.4 Å². The molecule has 0 unspecified atom stereocenters. The van der Waals surface area contributed by atoms with Crippen molar-refractivity contribution < 1.29 is 33.4 Å². The van der Waals surface area contributed by atoms with Crippen LogP contribution in [0.25, 0.3) is 0 Å². The van der Waals surface area contributed by atoms with Crippen molar-refractivity contribution in [3.63, 3.8) is 0 Å². The topological polar surface area (TPSA) is 107 Å². The van der Waals surface area contributed by atoms with Gasteiger partial charge in [-0.05, 0) is 12.5 Å². The van der Waals surface area contributed by atoms with Gasteiger partial charge in [-0.2, -0.15) is 0 Å². The number of esters is 2. The Morgan fingerprint density at radius 1 is 1.00 bits per heavy atom. The predicted octanol–water partition coefficient (Wildman–Crippen LogP) is 2.60. The molecule has 0 radical (unpaired) electrons. The van der Waals surface area contributed by atoms with Crippen molar-refractivity contribution >= 4 is 41.2 Å². The van der Waals surface area contributed by atoms with E-state index in [0.717, 1.165) is 0 Å². The van der Waals surface area contributed by atoms with Crippen molar-refractivity contribution in [1.29, 1.82) is 0 Å². The first-order valence-corrected chi connectivity index (χ1v) is 11.1. The molecule has 33 heavy (non-hydrogen) atoms. The van der Waals surface area contributed by atoms with Gasteiger partial charge in [0.2, 0.25) is 5.91 Å². The van der Waals surface area contributed by atoms with Crippen molar-refractivity contribution in [3.8, 4) is 0 Å². The molecule has 0 spiro atoms. The molecule has 2 aromatic rings. The minimum Gasteiger partial charge on any atom is -0.466 e. The number of ketones is 2. The average molecular weight is 465 g/mol. The molecular weight excluding hydrogens is 446 g/mol. The second-order valence-corrected chi connectivity index (χ2v) is 8.26. The van der Waals surface area contributed by atoms with Crippen molar-refractivity contribution in [2.45, 2.75) is 6.42 Å². The van der Waals surface area contributed by atoms with Gasteiger partial charge in [0.25, 0.3) is 0 Å². The smallest absolute Gasteiger partial charge is 0.338 e.